The van der Waals surface area contributed by atoms with Crippen LogP contribution in [0.25, 0.3) is 0 Å². The molecule has 0 aliphatic rings. The van der Waals surface area contributed by atoms with Gasteiger partial charge in [0, 0.05) is 6.54 Å². The number of benzene rings is 1. The van der Waals surface area contributed by atoms with Gasteiger partial charge in [-0.1, -0.05) is 122 Å². The predicted molar refractivity (Wildman–Crippen MR) is 133 cm³/mol. The van der Waals surface area contributed by atoms with Crippen LogP contribution in [0.5, 0.6) is 5.75 Å². The normalized spacial score (nSPS) is 11.1. The van der Waals surface area contributed by atoms with Crippen molar-refractivity contribution in [1.82, 2.24) is 5.32 Å². The first-order valence-corrected chi connectivity index (χ1v) is 13.3. The van der Waals surface area contributed by atoms with Gasteiger partial charge >= 0.3 is 0 Å². The second kappa shape index (κ2) is 21.2. The van der Waals surface area contributed by atoms with E-state index in [9.17, 15) is 0 Å². The van der Waals surface area contributed by atoms with Crippen molar-refractivity contribution >= 4 is 0 Å². The van der Waals surface area contributed by atoms with Crippen molar-refractivity contribution in [2.24, 2.45) is 0 Å². The van der Waals surface area contributed by atoms with E-state index < -0.39 is 0 Å². The maximum absolute atomic E-state index is 5.85. The predicted octanol–water partition coefficient (Wildman–Crippen LogP) is 8.83. The fourth-order valence-corrected chi connectivity index (χ4v) is 3.96. The van der Waals surface area contributed by atoms with E-state index in [0.29, 0.717) is 0 Å². The Balaban J connectivity index is 1.86. The Kier molecular flexibility index (Phi) is 19.1. The third kappa shape index (κ3) is 16.7. The van der Waals surface area contributed by atoms with Gasteiger partial charge in [0.1, 0.15) is 5.75 Å². The molecule has 0 bridgehead atoms. The SMILES string of the molecule is CCCCCCCCCCCCCCCCNCc1cccc(OCCCCC)c1. The lowest BCUT2D eigenvalue weighted by molar-refractivity contribution is 0.306. The molecule has 0 unspecified atom stereocenters. The molecular formula is C28H51NO. The zero-order valence-corrected chi connectivity index (χ0v) is 20.4. The minimum atomic E-state index is 0.837. The van der Waals surface area contributed by atoms with Crippen LogP contribution in [0.15, 0.2) is 24.3 Å². The van der Waals surface area contributed by atoms with Crippen molar-refractivity contribution in [1.29, 1.82) is 0 Å². The number of rotatable bonds is 22. The van der Waals surface area contributed by atoms with E-state index in [2.05, 4.69) is 43.4 Å². The van der Waals surface area contributed by atoms with Crippen molar-refractivity contribution < 1.29 is 4.74 Å². The van der Waals surface area contributed by atoms with Crippen molar-refractivity contribution in [3.63, 3.8) is 0 Å². The molecule has 0 saturated carbocycles. The average Bonchev–Trinajstić information content (AvgIpc) is 2.77. The molecule has 0 fully saturated rings. The maximum Gasteiger partial charge on any atom is 0.119 e. The molecule has 0 radical (unpaired) electrons. The molecule has 174 valence electrons. The minimum Gasteiger partial charge on any atom is -0.494 e. The Morgan fingerprint density at radius 1 is 0.633 bits per heavy atom. The summed E-state index contributed by atoms with van der Waals surface area (Å²) in [6.45, 7) is 7.43. The van der Waals surface area contributed by atoms with E-state index in [-0.39, 0.29) is 0 Å². The Morgan fingerprint density at radius 3 is 1.77 bits per heavy atom. The molecule has 0 saturated heterocycles. The van der Waals surface area contributed by atoms with E-state index in [1.807, 2.05) is 0 Å². The molecule has 0 amide bonds. The van der Waals surface area contributed by atoms with Gasteiger partial charge in [0.25, 0.3) is 0 Å². The first-order chi connectivity index (χ1) is 14.9. The van der Waals surface area contributed by atoms with Gasteiger partial charge in [-0.15, -0.1) is 0 Å². The second-order valence-electron chi connectivity index (χ2n) is 8.98. The molecule has 1 aromatic carbocycles. The minimum absolute atomic E-state index is 0.837. The molecule has 1 N–H and O–H groups in total. The number of hydrogen-bond donors (Lipinski definition) is 1. The molecule has 30 heavy (non-hydrogen) atoms. The van der Waals surface area contributed by atoms with Gasteiger partial charge in [0.15, 0.2) is 0 Å². The summed E-state index contributed by atoms with van der Waals surface area (Å²) in [5.74, 6) is 1.02. The lowest BCUT2D eigenvalue weighted by Gasteiger charge is -2.09. The van der Waals surface area contributed by atoms with Gasteiger partial charge in [-0.25, -0.2) is 0 Å². The van der Waals surface area contributed by atoms with E-state index in [1.54, 1.807) is 0 Å². The monoisotopic (exact) mass is 417 g/mol. The quantitative estimate of drug-likeness (QED) is 0.190. The summed E-state index contributed by atoms with van der Waals surface area (Å²) >= 11 is 0. The summed E-state index contributed by atoms with van der Waals surface area (Å²) in [4.78, 5) is 0. The van der Waals surface area contributed by atoms with Crippen LogP contribution in [0.2, 0.25) is 0 Å². The zero-order chi connectivity index (χ0) is 21.5. The Labute approximate surface area is 188 Å². The summed E-state index contributed by atoms with van der Waals surface area (Å²) in [6, 6.07) is 8.56. The number of unbranched alkanes of at least 4 members (excludes halogenated alkanes) is 15. The smallest absolute Gasteiger partial charge is 0.119 e. The van der Waals surface area contributed by atoms with Crippen LogP contribution in [0, 0.1) is 0 Å². The molecule has 0 aliphatic carbocycles. The number of ether oxygens (including phenoxy) is 1. The van der Waals surface area contributed by atoms with Crippen molar-refractivity contribution in [3.05, 3.63) is 29.8 Å². The molecule has 0 atom stereocenters. The molecule has 2 nitrogen and oxygen atoms in total. The molecule has 1 rings (SSSR count). The summed E-state index contributed by atoms with van der Waals surface area (Å²) in [7, 11) is 0. The second-order valence-corrected chi connectivity index (χ2v) is 8.98. The van der Waals surface area contributed by atoms with Gasteiger partial charge in [-0.3, -0.25) is 0 Å². The average molecular weight is 418 g/mol. The van der Waals surface area contributed by atoms with E-state index in [0.717, 1.165) is 31.9 Å². The van der Waals surface area contributed by atoms with E-state index >= 15 is 0 Å². The van der Waals surface area contributed by atoms with Crippen LogP contribution in [0.4, 0.5) is 0 Å². The molecule has 1 aromatic rings. The molecule has 0 aliphatic heterocycles. The summed E-state index contributed by atoms with van der Waals surface area (Å²) in [5.41, 5.74) is 1.33. The first kappa shape index (κ1) is 27.0. The fourth-order valence-electron chi connectivity index (χ4n) is 3.96. The molecule has 0 heterocycles. The third-order valence-electron chi connectivity index (χ3n) is 5.95. The Morgan fingerprint density at radius 2 is 1.17 bits per heavy atom. The van der Waals surface area contributed by atoms with Crippen LogP contribution in [0.1, 0.15) is 129 Å². The fraction of sp³-hybridized carbons (Fsp3) is 0.786. The largest absolute Gasteiger partial charge is 0.494 e. The first-order valence-electron chi connectivity index (χ1n) is 13.3. The lowest BCUT2D eigenvalue weighted by Crippen LogP contribution is -2.14. The summed E-state index contributed by atoms with van der Waals surface area (Å²) in [6.07, 6.45) is 23.6. The van der Waals surface area contributed by atoms with Gasteiger partial charge in [0.05, 0.1) is 6.61 Å². The molecule has 0 aromatic heterocycles. The zero-order valence-electron chi connectivity index (χ0n) is 20.4. The van der Waals surface area contributed by atoms with Gasteiger partial charge in [-0.05, 0) is 37.1 Å². The van der Waals surface area contributed by atoms with Crippen molar-refractivity contribution in [2.45, 2.75) is 130 Å². The lowest BCUT2D eigenvalue weighted by atomic mass is 10.0. The highest BCUT2D eigenvalue weighted by Gasteiger charge is 1.98. The molecular weight excluding hydrogens is 366 g/mol. The highest BCUT2D eigenvalue weighted by molar-refractivity contribution is 5.28. The number of hydrogen-bond acceptors (Lipinski definition) is 2. The van der Waals surface area contributed by atoms with Crippen LogP contribution < -0.4 is 10.1 Å². The Bertz CT molecular complexity index is 473. The highest BCUT2D eigenvalue weighted by atomic mass is 16.5. The summed E-state index contributed by atoms with van der Waals surface area (Å²) in [5, 5.41) is 3.59. The van der Waals surface area contributed by atoms with E-state index in [4.69, 9.17) is 4.74 Å². The highest BCUT2D eigenvalue weighted by Crippen LogP contribution is 2.15. The van der Waals surface area contributed by atoms with Gasteiger partial charge in [-0.2, -0.15) is 0 Å². The van der Waals surface area contributed by atoms with Gasteiger partial charge in [0.2, 0.25) is 0 Å². The van der Waals surface area contributed by atoms with Crippen molar-refractivity contribution in [3.8, 4) is 5.75 Å². The van der Waals surface area contributed by atoms with Gasteiger partial charge < -0.3 is 10.1 Å². The van der Waals surface area contributed by atoms with Crippen LogP contribution in [-0.4, -0.2) is 13.2 Å². The van der Waals surface area contributed by atoms with Crippen LogP contribution >= 0.6 is 0 Å². The van der Waals surface area contributed by atoms with E-state index in [1.165, 1.54) is 108 Å². The maximum atomic E-state index is 5.85. The van der Waals surface area contributed by atoms with Crippen LogP contribution in [-0.2, 0) is 6.54 Å². The third-order valence-corrected chi connectivity index (χ3v) is 5.95. The molecule has 2 heteroatoms. The summed E-state index contributed by atoms with van der Waals surface area (Å²) < 4.78 is 5.85. The standard InChI is InChI=1S/C28H51NO/c1-3-5-7-8-9-10-11-12-13-14-15-16-17-18-23-29-26-27-21-20-22-28(25-27)30-24-19-6-4-2/h20-22,25,29H,3-19,23-24,26H2,1-2H3. The number of nitrogens with one attached hydrogen (secondary N) is 1. The topological polar surface area (TPSA) is 21.3 Å². The molecule has 0 spiro atoms. The van der Waals surface area contributed by atoms with Crippen molar-refractivity contribution in [2.75, 3.05) is 13.2 Å². The Hall–Kier alpha value is -1.02. The van der Waals surface area contributed by atoms with Crippen LogP contribution in [0.3, 0.4) is 0 Å².